The van der Waals surface area contributed by atoms with Crippen molar-refractivity contribution in [3.05, 3.63) is 39.5 Å². The van der Waals surface area contributed by atoms with E-state index in [0.717, 1.165) is 22.6 Å². The zero-order valence-corrected chi connectivity index (χ0v) is 24.2. The zero-order chi connectivity index (χ0) is 28.3. The summed E-state index contributed by atoms with van der Waals surface area (Å²) < 4.78 is 12.4. The number of piperazine rings is 1. The monoisotopic (exact) mass is 577 g/mol. The molecule has 13 heteroatoms. The Bertz CT molecular complexity index is 1340. The Morgan fingerprint density at radius 1 is 1.15 bits per heavy atom. The van der Waals surface area contributed by atoms with Gasteiger partial charge in [-0.25, -0.2) is 14.8 Å². The van der Waals surface area contributed by atoms with Gasteiger partial charge in [0.25, 0.3) is 0 Å². The van der Waals surface area contributed by atoms with Crippen molar-refractivity contribution in [3.63, 3.8) is 0 Å². The molecule has 1 atom stereocenters. The number of aliphatic hydroxyl groups excluding tert-OH is 1. The summed E-state index contributed by atoms with van der Waals surface area (Å²) in [6.07, 6.45) is -1.01. The van der Waals surface area contributed by atoms with Crippen LogP contribution in [0, 0.1) is 13.8 Å². The van der Waals surface area contributed by atoms with Crippen molar-refractivity contribution in [2.75, 3.05) is 58.4 Å². The number of nitrogens with one attached hydrogen (secondary N) is 1. The Morgan fingerprint density at radius 2 is 1.87 bits per heavy atom. The smallest absolute Gasteiger partial charge is 0.409 e. The number of carbonyl (C=O) groups excluding carboxylic acids is 1. The van der Waals surface area contributed by atoms with E-state index < -0.39 is 6.10 Å². The molecule has 39 heavy (non-hydrogen) atoms. The second kappa shape index (κ2) is 12.4. The van der Waals surface area contributed by atoms with Gasteiger partial charge in [-0.2, -0.15) is 5.10 Å². The van der Waals surface area contributed by atoms with Crippen LogP contribution in [0.1, 0.15) is 11.1 Å². The molecule has 0 aliphatic carbocycles. The molecule has 3 heterocycles. The molecule has 2 N–H and O–H groups in total. The van der Waals surface area contributed by atoms with E-state index in [1.165, 1.54) is 7.11 Å². The number of hydrogen-bond acceptors (Lipinski definition) is 9. The number of ether oxygens (including phenoxy) is 2. The van der Waals surface area contributed by atoms with Crippen LogP contribution in [-0.4, -0.2) is 95.4 Å². The fraction of sp³-hybridized carbons (Fsp3) is 0.462. The second-order valence-electron chi connectivity index (χ2n) is 9.34. The van der Waals surface area contributed by atoms with Crippen molar-refractivity contribution in [2.24, 2.45) is 7.05 Å². The Balaban J connectivity index is 1.78. The molecule has 0 bridgehead atoms. The van der Waals surface area contributed by atoms with Crippen LogP contribution in [-0.2, 0) is 11.8 Å². The molecule has 1 aliphatic heterocycles. The first-order chi connectivity index (χ1) is 18.6. The average Bonchev–Trinajstić information content (AvgIpc) is 3.18. The van der Waals surface area contributed by atoms with Crippen LogP contribution in [0.15, 0.2) is 18.2 Å². The molecule has 1 aromatic carbocycles. The molecule has 0 unspecified atom stereocenters. The summed E-state index contributed by atoms with van der Waals surface area (Å²) in [6, 6.07) is 5.23. The minimum absolute atomic E-state index is 0.115. The molecule has 1 amide bonds. The third-order valence-corrected chi connectivity index (χ3v) is 7.33. The molecule has 0 saturated carbocycles. The quantitative estimate of drug-likeness (QED) is 0.415. The van der Waals surface area contributed by atoms with E-state index in [9.17, 15) is 9.90 Å². The molecule has 210 valence electrons. The van der Waals surface area contributed by atoms with Crippen molar-refractivity contribution >= 4 is 35.1 Å². The average molecular weight is 579 g/mol. The Hall–Kier alpha value is -3.12. The van der Waals surface area contributed by atoms with Crippen LogP contribution < -0.4 is 15.0 Å². The molecule has 3 aromatic rings. The van der Waals surface area contributed by atoms with Crippen molar-refractivity contribution < 1.29 is 19.4 Å². The van der Waals surface area contributed by atoms with Gasteiger partial charge in [0, 0.05) is 56.5 Å². The van der Waals surface area contributed by atoms with Crippen LogP contribution in [0.2, 0.25) is 10.2 Å². The lowest BCUT2D eigenvalue weighted by molar-refractivity contribution is 0.108. The van der Waals surface area contributed by atoms with E-state index in [-0.39, 0.29) is 12.7 Å². The molecule has 0 spiro atoms. The molecular weight excluding hydrogens is 545 g/mol. The molecule has 1 aliphatic rings. The van der Waals surface area contributed by atoms with E-state index in [0.29, 0.717) is 65.7 Å². The van der Waals surface area contributed by atoms with Crippen LogP contribution in [0.4, 0.5) is 10.6 Å². The minimum Gasteiger partial charge on any atom is -0.491 e. The number of halogens is 2. The minimum atomic E-state index is -0.663. The van der Waals surface area contributed by atoms with Gasteiger partial charge in [0.15, 0.2) is 11.0 Å². The van der Waals surface area contributed by atoms with Gasteiger partial charge in [-0.1, -0.05) is 23.2 Å². The van der Waals surface area contributed by atoms with Crippen LogP contribution in [0.3, 0.4) is 0 Å². The van der Waals surface area contributed by atoms with Gasteiger partial charge in [0.1, 0.15) is 24.3 Å². The lowest BCUT2D eigenvalue weighted by Gasteiger charge is -2.35. The number of anilines is 1. The number of carbonyl (C=O) groups is 1. The number of aliphatic hydroxyl groups is 1. The Labute approximate surface area is 237 Å². The fourth-order valence-corrected chi connectivity index (χ4v) is 4.98. The first kappa shape index (κ1) is 28.9. The predicted octanol–water partition coefficient (Wildman–Crippen LogP) is 3.32. The van der Waals surface area contributed by atoms with E-state index in [4.69, 9.17) is 42.6 Å². The maximum atomic E-state index is 12.0. The zero-order valence-electron chi connectivity index (χ0n) is 22.7. The summed E-state index contributed by atoms with van der Waals surface area (Å²) in [5.41, 5.74) is 3.69. The Kier molecular flexibility index (Phi) is 9.16. The maximum absolute atomic E-state index is 12.0. The maximum Gasteiger partial charge on any atom is 0.409 e. The second-order valence-corrected chi connectivity index (χ2v) is 10.1. The number of nitrogens with zero attached hydrogens (tertiary/aromatic N) is 6. The molecular formula is C26H33Cl2N7O4. The standard InChI is InChI=1S/C26H33Cl2N7O4/c1-15-21(22-16(2)23(28)32-33(22)4)30-24(31-25(15)34-8-10-35(11-9-34)26(37)38-5)19-12-18(6-7-20(19)27)39-14-17(36)13-29-3/h6-7,12,17,29,36H,8-11,13-14H2,1-5H3/t17-/m1/s1. The highest BCUT2D eigenvalue weighted by Crippen LogP contribution is 2.37. The highest BCUT2D eigenvalue weighted by Gasteiger charge is 2.27. The number of likely N-dealkylation sites (N-methyl/N-ethyl adjacent to an activating group) is 1. The molecule has 1 saturated heterocycles. The number of rotatable bonds is 8. The van der Waals surface area contributed by atoms with E-state index in [1.54, 1.807) is 34.8 Å². The number of methoxy groups -OCH3 is 1. The molecule has 0 radical (unpaired) electrons. The third-order valence-electron chi connectivity index (χ3n) is 6.64. The van der Waals surface area contributed by atoms with Crippen LogP contribution in [0.5, 0.6) is 5.75 Å². The van der Waals surface area contributed by atoms with Gasteiger partial charge < -0.3 is 29.7 Å². The van der Waals surface area contributed by atoms with Gasteiger partial charge in [-0.15, -0.1) is 0 Å². The third kappa shape index (κ3) is 6.22. The van der Waals surface area contributed by atoms with Crippen LogP contribution in [0.25, 0.3) is 22.8 Å². The van der Waals surface area contributed by atoms with E-state index >= 15 is 0 Å². The number of aromatic nitrogens is 4. The molecule has 4 rings (SSSR count). The first-order valence-corrected chi connectivity index (χ1v) is 13.3. The summed E-state index contributed by atoms with van der Waals surface area (Å²) in [5.74, 6) is 1.66. The number of benzene rings is 1. The predicted molar refractivity (Wildman–Crippen MR) is 151 cm³/mol. The van der Waals surface area contributed by atoms with Gasteiger partial charge in [0.05, 0.1) is 23.5 Å². The first-order valence-electron chi connectivity index (χ1n) is 12.6. The molecule has 11 nitrogen and oxygen atoms in total. The van der Waals surface area contributed by atoms with Gasteiger partial charge in [-0.05, 0) is 39.1 Å². The van der Waals surface area contributed by atoms with E-state index in [1.807, 2.05) is 20.9 Å². The summed E-state index contributed by atoms with van der Waals surface area (Å²) >= 11 is 13.0. The SMILES string of the molecule is CNC[C@@H](O)COc1ccc(Cl)c(-c2nc(-c3c(C)c(Cl)nn3C)c(C)c(N3CCN(C(=O)OC)CC3)n2)c1. The lowest BCUT2D eigenvalue weighted by Crippen LogP contribution is -2.49. The summed E-state index contributed by atoms with van der Waals surface area (Å²) in [7, 11) is 4.97. The molecule has 2 aromatic heterocycles. The van der Waals surface area contributed by atoms with Gasteiger partial charge in [0.2, 0.25) is 0 Å². The highest BCUT2D eigenvalue weighted by molar-refractivity contribution is 6.33. The highest BCUT2D eigenvalue weighted by atomic mass is 35.5. The van der Waals surface area contributed by atoms with Crippen molar-refractivity contribution in [1.82, 2.24) is 30.0 Å². The molecule has 1 fully saturated rings. The van der Waals surface area contributed by atoms with Crippen molar-refractivity contribution in [2.45, 2.75) is 20.0 Å². The van der Waals surface area contributed by atoms with Crippen molar-refractivity contribution in [1.29, 1.82) is 0 Å². The van der Waals surface area contributed by atoms with Crippen LogP contribution >= 0.6 is 23.2 Å². The van der Waals surface area contributed by atoms with Gasteiger partial charge in [-0.3, -0.25) is 4.68 Å². The van der Waals surface area contributed by atoms with E-state index in [2.05, 4.69) is 15.3 Å². The van der Waals surface area contributed by atoms with Crippen molar-refractivity contribution in [3.8, 4) is 28.5 Å². The topological polar surface area (TPSA) is 118 Å². The fourth-order valence-electron chi connectivity index (χ4n) is 4.57. The normalized spacial score (nSPS) is 14.5. The largest absolute Gasteiger partial charge is 0.491 e. The number of hydrogen-bond donors (Lipinski definition) is 2. The summed E-state index contributed by atoms with van der Waals surface area (Å²) in [4.78, 5) is 25.7. The number of aryl methyl sites for hydroxylation is 1. The number of amides is 1. The lowest BCUT2D eigenvalue weighted by atomic mass is 10.1. The summed E-state index contributed by atoms with van der Waals surface area (Å²) in [5, 5.41) is 18.2. The van der Waals surface area contributed by atoms with Gasteiger partial charge >= 0.3 is 6.09 Å². The summed E-state index contributed by atoms with van der Waals surface area (Å²) in [6.45, 7) is 6.51. The Morgan fingerprint density at radius 3 is 2.49 bits per heavy atom.